The average molecular weight is 350 g/mol. The van der Waals surface area contributed by atoms with Gasteiger partial charge in [-0.25, -0.2) is 4.39 Å². The van der Waals surface area contributed by atoms with Crippen molar-refractivity contribution in [1.29, 1.82) is 0 Å². The Hall–Kier alpha value is -3.28. The highest BCUT2D eigenvalue weighted by atomic mass is 19.1. The zero-order valence-electron chi connectivity index (χ0n) is 14.2. The van der Waals surface area contributed by atoms with Gasteiger partial charge in [0.1, 0.15) is 11.6 Å². The molecular formula is C20H19FN4O. The van der Waals surface area contributed by atoms with Crippen LogP contribution in [0.1, 0.15) is 22.5 Å². The lowest BCUT2D eigenvalue weighted by molar-refractivity contribution is 0.102. The fourth-order valence-corrected chi connectivity index (χ4v) is 2.46. The van der Waals surface area contributed by atoms with E-state index < -0.39 is 11.7 Å². The maximum Gasteiger partial charge on any atom is 0.276 e. The predicted molar refractivity (Wildman–Crippen MR) is 99.6 cm³/mol. The Labute approximate surface area is 151 Å². The Morgan fingerprint density at radius 3 is 2.54 bits per heavy atom. The summed E-state index contributed by atoms with van der Waals surface area (Å²) in [5.41, 5.74) is 1.84. The molecule has 3 aromatic rings. The van der Waals surface area contributed by atoms with E-state index in [9.17, 15) is 9.18 Å². The summed E-state index contributed by atoms with van der Waals surface area (Å²) in [5, 5.41) is 13.7. The van der Waals surface area contributed by atoms with E-state index in [0.717, 1.165) is 19.4 Å². The molecule has 0 saturated carbocycles. The van der Waals surface area contributed by atoms with Crippen LogP contribution in [0, 0.1) is 5.82 Å². The average Bonchev–Trinajstić information content (AvgIpc) is 2.66. The molecule has 0 fully saturated rings. The Bertz CT molecular complexity index is 853. The van der Waals surface area contributed by atoms with Crippen LogP contribution in [-0.4, -0.2) is 22.6 Å². The zero-order valence-corrected chi connectivity index (χ0v) is 14.2. The Balaban J connectivity index is 1.47. The minimum Gasteiger partial charge on any atom is -0.369 e. The second-order valence-corrected chi connectivity index (χ2v) is 5.78. The molecule has 2 aromatic carbocycles. The summed E-state index contributed by atoms with van der Waals surface area (Å²) in [6.45, 7) is 0.762. The number of hydrogen-bond donors (Lipinski definition) is 2. The normalized spacial score (nSPS) is 10.3. The summed E-state index contributed by atoms with van der Waals surface area (Å²) >= 11 is 0. The van der Waals surface area contributed by atoms with E-state index in [1.165, 1.54) is 23.8 Å². The van der Waals surface area contributed by atoms with Gasteiger partial charge in [-0.1, -0.05) is 36.4 Å². The molecule has 6 heteroatoms. The van der Waals surface area contributed by atoms with Crippen LogP contribution in [0.15, 0.2) is 66.7 Å². The molecule has 0 bridgehead atoms. The monoisotopic (exact) mass is 350 g/mol. The number of hydrogen-bond acceptors (Lipinski definition) is 4. The second kappa shape index (κ2) is 8.71. The first-order chi connectivity index (χ1) is 12.7. The fraction of sp³-hybridized carbons (Fsp3) is 0.150. The van der Waals surface area contributed by atoms with Crippen LogP contribution in [0.3, 0.4) is 0 Å². The zero-order chi connectivity index (χ0) is 18.2. The van der Waals surface area contributed by atoms with Gasteiger partial charge in [0.2, 0.25) is 0 Å². The van der Waals surface area contributed by atoms with Gasteiger partial charge in [0, 0.05) is 12.2 Å². The van der Waals surface area contributed by atoms with Crippen molar-refractivity contribution in [3.63, 3.8) is 0 Å². The molecule has 3 rings (SSSR count). The summed E-state index contributed by atoms with van der Waals surface area (Å²) in [7, 11) is 0. The van der Waals surface area contributed by atoms with Gasteiger partial charge >= 0.3 is 0 Å². The highest BCUT2D eigenvalue weighted by Gasteiger charge is 2.09. The number of nitrogens with one attached hydrogen (secondary N) is 2. The molecule has 5 nitrogen and oxygen atoms in total. The number of aromatic nitrogens is 2. The molecular weight excluding hydrogens is 331 g/mol. The summed E-state index contributed by atoms with van der Waals surface area (Å²) < 4.78 is 13.1. The van der Waals surface area contributed by atoms with E-state index in [1.807, 2.05) is 18.2 Å². The van der Waals surface area contributed by atoms with E-state index in [-0.39, 0.29) is 5.69 Å². The number of carbonyl (C=O) groups excluding carboxylic acids is 1. The maximum atomic E-state index is 13.1. The molecule has 0 unspecified atom stereocenters. The smallest absolute Gasteiger partial charge is 0.276 e. The first kappa shape index (κ1) is 17.5. The molecule has 2 N–H and O–H groups in total. The van der Waals surface area contributed by atoms with Crippen molar-refractivity contribution in [2.45, 2.75) is 12.8 Å². The molecule has 0 aliphatic carbocycles. The number of rotatable bonds is 7. The van der Waals surface area contributed by atoms with E-state index in [2.05, 4.69) is 33.0 Å². The highest BCUT2D eigenvalue weighted by Crippen LogP contribution is 2.11. The first-order valence-electron chi connectivity index (χ1n) is 8.39. The van der Waals surface area contributed by atoms with E-state index in [1.54, 1.807) is 18.2 Å². The van der Waals surface area contributed by atoms with Crippen molar-refractivity contribution in [1.82, 2.24) is 10.2 Å². The molecule has 1 amide bonds. The van der Waals surface area contributed by atoms with Crippen LogP contribution < -0.4 is 10.6 Å². The van der Waals surface area contributed by atoms with Crippen LogP contribution in [0.2, 0.25) is 0 Å². The number of nitrogens with zero attached hydrogens (tertiary/aromatic N) is 2. The number of halogens is 1. The van der Waals surface area contributed by atoms with Crippen molar-refractivity contribution in [3.8, 4) is 0 Å². The summed E-state index contributed by atoms with van der Waals surface area (Å²) in [6.07, 6.45) is 1.95. The van der Waals surface area contributed by atoms with Gasteiger partial charge in [-0.3, -0.25) is 4.79 Å². The van der Waals surface area contributed by atoms with Gasteiger partial charge in [0.15, 0.2) is 5.69 Å². The number of benzene rings is 2. The van der Waals surface area contributed by atoms with Gasteiger partial charge in [-0.05, 0) is 48.7 Å². The quantitative estimate of drug-likeness (QED) is 0.634. The third-order valence-corrected chi connectivity index (χ3v) is 3.77. The number of carbonyl (C=O) groups is 1. The maximum absolute atomic E-state index is 13.1. The van der Waals surface area contributed by atoms with Gasteiger partial charge in [-0.15, -0.1) is 10.2 Å². The lowest BCUT2D eigenvalue weighted by atomic mass is 10.1. The third kappa shape index (κ3) is 5.11. The Kier molecular flexibility index (Phi) is 5.88. The minimum absolute atomic E-state index is 0.170. The topological polar surface area (TPSA) is 66.9 Å². The van der Waals surface area contributed by atoms with Crippen LogP contribution >= 0.6 is 0 Å². The summed E-state index contributed by atoms with van der Waals surface area (Å²) in [5.74, 6) is -0.233. The SMILES string of the molecule is O=C(Nc1cccc(F)c1)c1ccc(NCCCc2ccccc2)nn1. The van der Waals surface area contributed by atoms with Crippen LogP contribution in [0.25, 0.3) is 0 Å². The van der Waals surface area contributed by atoms with Gasteiger partial charge in [0.25, 0.3) is 5.91 Å². The second-order valence-electron chi connectivity index (χ2n) is 5.78. The summed E-state index contributed by atoms with van der Waals surface area (Å²) in [4.78, 5) is 12.1. The van der Waals surface area contributed by atoms with Crippen LogP contribution in [-0.2, 0) is 6.42 Å². The van der Waals surface area contributed by atoms with Gasteiger partial charge < -0.3 is 10.6 Å². The molecule has 0 saturated heterocycles. The molecule has 0 spiro atoms. The van der Waals surface area contributed by atoms with Crippen molar-refractivity contribution >= 4 is 17.4 Å². The fourth-order valence-electron chi connectivity index (χ4n) is 2.46. The number of anilines is 2. The van der Waals surface area contributed by atoms with E-state index in [0.29, 0.717) is 11.5 Å². The molecule has 132 valence electrons. The molecule has 0 aliphatic heterocycles. The minimum atomic E-state index is -0.432. The van der Waals surface area contributed by atoms with Gasteiger partial charge in [-0.2, -0.15) is 0 Å². The standard InChI is InChI=1S/C20H19FN4O/c21-16-9-4-10-17(14-16)23-20(26)18-11-12-19(25-24-18)22-13-5-8-15-6-2-1-3-7-15/h1-4,6-7,9-12,14H,5,8,13H2,(H,22,25)(H,23,26). The molecule has 0 radical (unpaired) electrons. The van der Waals surface area contributed by atoms with Crippen LogP contribution in [0.4, 0.5) is 15.9 Å². The highest BCUT2D eigenvalue weighted by molar-refractivity contribution is 6.02. The molecule has 0 atom stereocenters. The van der Waals surface area contributed by atoms with Crippen molar-refractivity contribution in [2.24, 2.45) is 0 Å². The number of aryl methyl sites for hydroxylation is 1. The largest absolute Gasteiger partial charge is 0.369 e. The van der Waals surface area contributed by atoms with E-state index in [4.69, 9.17) is 0 Å². The number of amides is 1. The van der Waals surface area contributed by atoms with Crippen molar-refractivity contribution in [2.75, 3.05) is 17.2 Å². The Morgan fingerprint density at radius 2 is 1.81 bits per heavy atom. The predicted octanol–water partition coefficient (Wildman–Crippen LogP) is 3.91. The van der Waals surface area contributed by atoms with Crippen molar-refractivity contribution in [3.05, 3.63) is 83.8 Å². The molecule has 1 aromatic heterocycles. The first-order valence-corrected chi connectivity index (χ1v) is 8.39. The summed E-state index contributed by atoms with van der Waals surface area (Å²) in [6, 6.07) is 19.2. The lowest BCUT2D eigenvalue weighted by Gasteiger charge is -2.07. The third-order valence-electron chi connectivity index (χ3n) is 3.77. The van der Waals surface area contributed by atoms with Gasteiger partial charge in [0.05, 0.1) is 0 Å². The van der Waals surface area contributed by atoms with Crippen LogP contribution in [0.5, 0.6) is 0 Å². The molecule has 26 heavy (non-hydrogen) atoms. The molecule has 1 heterocycles. The van der Waals surface area contributed by atoms with Crippen molar-refractivity contribution < 1.29 is 9.18 Å². The molecule has 0 aliphatic rings. The Morgan fingerprint density at radius 1 is 0.962 bits per heavy atom. The lowest BCUT2D eigenvalue weighted by Crippen LogP contribution is -2.15. The van der Waals surface area contributed by atoms with E-state index >= 15 is 0 Å².